The van der Waals surface area contributed by atoms with Crippen LogP contribution in [0, 0.1) is 6.92 Å². The largest absolute Gasteiger partial charge is 0.355 e. The summed E-state index contributed by atoms with van der Waals surface area (Å²) in [5, 5.41) is 10.7. The number of nitrogens with one attached hydrogen (secondary N) is 1. The standard InChI is InChI=1S/C15H19N3O/c1-4-17-18-10-12-9-13(6-5-11(12)2)15(3)7-8-16-14(15)19/h4-6,9-10H,7-8H2,1-3H3,(H,16,19). The minimum absolute atomic E-state index is 0.103. The summed E-state index contributed by atoms with van der Waals surface area (Å²) < 4.78 is 0. The van der Waals surface area contributed by atoms with E-state index in [1.54, 1.807) is 12.4 Å². The summed E-state index contributed by atoms with van der Waals surface area (Å²) in [6, 6.07) is 6.10. The van der Waals surface area contributed by atoms with Gasteiger partial charge in [-0.1, -0.05) is 12.1 Å². The van der Waals surface area contributed by atoms with E-state index in [1.807, 2.05) is 39.0 Å². The molecule has 19 heavy (non-hydrogen) atoms. The Kier molecular flexibility index (Phi) is 3.79. The maximum atomic E-state index is 12.0. The average molecular weight is 257 g/mol. The smallest absolute Gasteiger partial charge is 0.230 e. The molecule has 100 valence electrons. The molecule has 1 unspecified atom stereocenters. The number of benzene rings is 1. The summed E-state index contributed by atoms with van der Waals surface area (Å²) in [6.07, 6.45) is 4.20. The number of carbonyl (C=O) groups is 1. The van der Waals surface area contributed by atoms with Crippen molar-refractivity contribution >= 4 is 18.3 Å². The molecule has 1 aliphatic heterocycles. The van der Waals surface area contributed by atoms with Gasteiger partial charge in [0.15, 0.2) is 0 Å². The minimum atomic E-state index is -0.426. The third kappa shape index (κ3) is 2.57. The van der Waals surface area contributed by atoms with Gasteiger partial charge >= 0.3 is 0 Å². The Labute approximate surface area is 113 Å². The van der Waals surface area contributed by atoms with Crippen LogP contribution in [0.5, 0.6) is 0 Å². The van der Waals surface area contributed by atoms with E-state index in [2.05, 4.69) is 15.5 Å². The third-order valence-electron chi connectivity index (χ3n) is 3.71. The first-order valence-corrected chi connectivity index (χ1v) is 6.48. The summed E-state index contributed by atoms with van der Waals surface area (Å²) in [7, 11) is 0. The molecule has 1 N–H and O–H groups in total. The van der Waals surface area contributed by atoms with Gasteiger partial charge in [-0.3, -0.25) is 4.79 Å². The second-order valence-corrected chi connectivity index (χ2v) is 5.03. The fraction of sp³-hybridized carbons (Fsp3) is 0.400. The highest BCUT2D eigenvalue weighted by Crippen LogP contribution is 2.32. The lowest BCUT2D eigenvalue weighted by atomic mass is 9.80. The van der Waals surface area contributed by atoms with Crippen molar-refractivity contribution in [2.24, 2.45) is 10.2 Å². The zero-order valence-corrected chi connectivity index (χ0v) is 11.6. The molecule has 0 aliphatic carbocycles. The minimum Gasteiger partial charge on any atom is -0.355 e. The first kappa shape index (κ1) is 13.5. The number of hydrogen-bond acceptors (Lipinski definition) is 3. The molecular formula is C15H19N3O. The number of hydrogen-bond donors (Lipinski definition) is 1. The number of amides is 1. The lowest BCUT2D eigenvalue weighted by molar-refractivity contribution is -0.123. The molecule has 1 heterocycles. The Hall–Kier alpha value is -1.97. The van der Waals surface area contributed by atoms with Crippen molar-refractivity contribution in [2.45, 2.75) is 32.6 Å². The molecular weight excluding hydrogens is 238 g/mol. The molecule has 0 saturated carbocycles. The van der Waals surface area contributed by atoms with Crippen LogP contribution in [-0.2, 0) is 10.2 Å². The Morgan fingerprint density at radius 3 is 2.79 bits per heavy atom. The van der Waals surface area contributed by atoms with Gasteiger partial charge in [-0.05, 0) is 49.9 Å². The van der Waals surface area contributed by atoms with Crippen LogP contribution in [0.3, 0.4) is 0 Å². The topological polar surface area (TPSA) is 53.8 Å². The average Bonchev–Trinajstić information content (AvgIpc) is 2.73. The van der Waals surface area contributed by atoms with Crippen molar-refractivity contribution < 1.29 is 4.79 Å². The fourth-order valence-corrected chi connectivity index (χ4v) is 2.30. The van der Waals surface area contributed by atoms with E-state index in [0.717, 1.165) is 29.7 Å². The second-order valence-electron chi connectivity index (χ2n) is 5.03. The van der Waals surface area contributed by atoms with Gasteiger partial charge in [0.1, 0.15) is 0 Å². The van der Waals surface area contributed by atoms with Gasteiger partial charge in [0.2, 0.25) is 5.91 Å². The lowest BCUT2D eigenvalue weighted by Gasteiger charge is -2.21. The summed E-state index contributed by atoms with van der Waals surface area (Å²) in [4.78, 5) is 12.0. The van der Waals surface area contributed by atoms with Crippen molar-refractivity contribution in [2.75, 3.05) is 6.54 Å². The van der Waals surface area contributed by atoms with Gasteiger partial charge in [0.05, 0.1) is 11.6 Å². The van der Waals surface area contributed by atoms with Crippen LogP contribution < -0.4 is 5.32 Å². The maximum Gasteiger partial charge on any atom is 0.230 e. The normalized spacial score (nSPS) is 23.4. The lowest BCUT2D eigenvalue weighted by Crippen LogP contribution is -2.32. The van der Waals surface area contributed by atoms with E-state index in [0.29, 0.717) is 0 Å². The first-order chi connectivity index (χ1) is 9.08. The highest BCUT2D eigenvalue weighted by atomic mass is 16.2. The Morgan fingerprint density at radius 1 is 1.37 bits per heavy atom. The summed E-state index contributed by atoms with van der Waals surface area (Å²) in [5.74, 6) is 0.103. The summed E-state index contributed by atoms with van der Waals surface area (Å²) in [6.45, 7) is 6.58. The van der Waals surface area contributed by atoms with E-state index in [9.17, 15) is 4.79 Å². The summed E-state index contributed by atoms with van der Waals surface area (Å²) in [5.41, 5.74) is 2.74. The van der Waals surface area contributed by atoms with Crippen LogP contribution in [0.15, 0.2) is 28.4 Å². The van der Waals surface area contributed by atoms with Crippen molar-refractivity contribution in [1.29, 1.82) is 0 Å². The molecule has 4 nitrogen and oxygen atoms in total. The number of rotatable bonds is 3. The monoisotopic (exact) mass is 257 g/mol. The predicted molar refractivity (Wildman–Crippen MR) is 77.9 cm³/mol. The van der Waals surface area contributed by atoms with Gasteiger partial charge in [0, 0.05) is 12.8 Å². The molecule has 1 aromatic rings. The highest BCUT2D eigenvalue weighted by Gasteiger charge is 2.39. The van der Waals surface area contributed by atoms with Crippen LogP contribution >= 0.6 is 0 Å². The number of aryl methyl sites for hydroxylation is 1. The fourth-order valence-electron chi connectivity index (χ4n) is 2.30. The van der Waals surface area contributed by atoms with Crippen LogP contribution in [0.1, 0.15) is 37.0 Å². The highest BCUT2D eigenvalue weighted by molar-refractivity contribution is 5.91. The van der Waals surface area contributed by atoms with E-state index in [-0.39, 0.29) is 5.91 Å². The van der Waals surface area contributed by atoms with Crippen LogP contribution in [-0.4, -0.2) is 24.9 Å². The first-order valence-electron chi connectivity index (χ1n) is 6.48. The maximum absolute atomic E-state index is 12.0. The third-order valence-corrected chi connectivity index (χ3v) is 3.71. The van der Waals surface area contributed by atoms with Gasteiger partial charge < -0.3 is 5.32 Å². The van der Waals surface area contributed by atoms with Gasteiger partial charge in [-0.2, -0.15) is 10.2 Å². The Morgan fingerprint density at radius 2 is 2.16 bits per heavy atom. The van der Waals surface area contributed by atoms with Gasteiger partial charge in [-0.25, -0.2) is 0 Å². The van der Waals surface area contributed by atoms with E-state index >= 15 is 0 Å². The van der Waals surface area contributed by atoms with E-state index in [4.69, 9.17) is 0 Å². The van der Waals surface area contributed by atoms with Crippen molar-refractivity contribution in [3.05, 3.63) is 34.9 Å². The zero-order valence-electron chi connectivity index (χ0n) is 11.6. The van der Waals surface area contributed by atoms with Crippen LogP contribution in [0.2, 0.25) is 0 Å². The van der Waals surface area contributed by atoms with E-state index in [1.165, 1.54) is 0 Å². The van der Waals surface area contributed by atoms with Crippen LogP contribution in [0.25, 0.3) is 0 Å². The summed E-state index contributed by atoms with van der Waals surface area (Å²) >= 11 is 0. The zero-order chi connectivity index (χ0) is 13.9. The molecule has 4 heteroatoms. The van der Waals surface area contributed by atoms with Crippen molar-refractivity contribution in [3.8, 4) is 0 Å². The Balaban J connectivity index is 2.38. The number of carbonyl (C=O) groups excluding carboxylic acids is 1. The van der Waals surface area contributed by atoms with E-state index < -0.39 is 5.41 Å². The molecule has 1 atom stereocenters. The van der Waals surface area contributed by atoms with Crippen molar-refractivity contribution in [1.82, 2.24) is 5.32 Å². The molecule has 2 rings (SSSR count). The molecule has 1 aliphatic rings. The molecule has 1 fully saturated rings. The molecule has 0 bridgehead atoms. The predicted octanol–water partition coefficient (Wildman–Crippen LogP) is 2.20. The SMILES string of the molecule is CC=NN=Cc1cc(C2(C)CCNC2=O)ccc1C. The molecule has 0 radical (unpaired) electrons. The van der Waals surface area contributed by atoms with Crippen molar-refractivity contribution in [3.63, 3.8) is 0 Å². The second kappa shape index (κ2) is 5.34. The number of nitrogens with zero attached hydrogens (tertiary/aromatic N) is 2. The van der Waals surface area contributed by atoms with Crippen LogP contribution in [0.4, 0.5) is 0 Å². The molecule has 1 saturated heterocycles. The van der Waals surface area contributed by atoms with Gasteiger partial charge in [0.25, 0.3) is 0 Å². The quantitative estimate of drug-likeness (QED) is 0.655. The molecule has 0 aromatic heterocycles. The molecule has 1 amide bonds. The Bertz CT molecular complexity index is 548. The molecule has 0 spiro atoms. The van der Waals surface area contributed by atoms with Gasteiger partial charge in [-0.15, -0.1) is 0 Å². The molecule has 1 aromatic carbocycles.